The third-order valence-electron chi connectivity index (χ3n) is 3.21. The number of Topliss-reactive ketones (excluding diaryl/α,β-unsaturated/α-hetero) is 1. The number of benzene rings is 1. The van der Waals surface area contributed by atoms with Crippen molar-refractivity contribution in [1.29, 1.82) is 0 Å². The van der Waals surface area contributed by atoms with Crippen LogP contribution in [0.25, 0.3) is 0 Å². The Hall–Kier alpha value is -1.42. The molecule has 0 bridgehead atoms. The maximum absolute atomic E-state index is 13.1. The highest BCUT2D eigenvalue weighted by Gasteiger charge is 2.19. The molecule has 1 saturated carbocycles. The third-order valence-corrected chi connectivity index (χ3v) is 3.21. The van der Waals surface area contributed by atoms with E-state index in [-0.39, 0.29) is 24.1 Å². The van der Waals surface area contributed by atoms with E-state index >= 15 is 0 Å². The minimum atomic E-state index is -0.444. The van der Waals surface area contributed by atoms with Crippen molar-refractivity contribution >= 4 is 5.78 Å². The zero-order valence-electron chi connectivity index (χ0n) is 10.4. The molecule has 1 aliphatic rings. The Kier molecular flexibility index (Phi) is 4.31. The average Bonchev–Trinajstić information content (AvgIpc) is 2.89. The van der Waals surface area contributed by atoms with Crippen LogP contribution in [0.4, 0.5) is 4.39 Å². The van der Waals surface area contributed by atoms with Crippen molar-refractivity contribution in [2.45, 2.75) is 31.8 Å². The first-order valence-electron chi connectivity index (χ1n) is 6.19. The Morgan fingerprint density at radius 1 is 1.39 bits per heavy atom. The molecule has 4 heteroatoms. The third kappa shape index (κ3) is 3.07. The van der Waals surface area contributed by atoms with Crippen LogP contribution in [0.15, 0.2) is 18.2 Å². The molecule has 0 atom stereocenters. The summed E-state index contributed by atoms with van der Waals surface area (Å²) in [6, 6.07) is 3.92. The minimum absolute atomic E-state index is 0.00944. The standard InChI is InChI=1S/C14H17FO3/c1-17-14-7-6-10(15)8-12(14)13(16)9-18-11-4-2-3-5-11/h6-8,11H,2-5,9H2,1H3. The quantitative estimate of drug-likeness (QED) is 0.756. The number of hydrogen-bond acceptors (Lipinski definition) is 3. The van der Waals surface area contributed by atoms with Gasteiger partial charge in [0.1, 0.15) is 18.2 Å². The molecule has 1 aromatic carbocycles. The molecule has 0 aromatic heterocycles. The van der Waals surface area contributed by atoms with Gasteiger partial charge in [-0.2, -0.15) is 0 Å². The van der Waals surface area contributed by atoms with Crippen molar-refractivity contribution in [2.75, 3.05) is 13.7 Å². The van der Waals surface area contributed by atoms with Crippen molar-refractivity contribution in [3.8, 4) is 5.75 Å². The maximum atomic E-state index is 13.1. The van der Waals surface area contributed by atoms with Crippen LogP contribution >= 0.6 is 0 Å². The number of carbonyl (C=O) groups excluding carboxylic acids is 1. The molecule has 1 aliphatic carbocycles. The van der Waals surface area contributed by atoms with E-state index in [2.05, 4.69) is 0 Å². The van der Waals surface area contributed by atoms with Gasteiger partial charge in [0.2, 0.25) is 0 Å². The molecular formula is C14H17FO3. The first-order valence-corrected chi connectivity index (χ1v) is 6.19. The lowest BCUT2D eigenvalue weighted by Gasteiger charge is -2.11. The summed E-state index contributed by atoms with van der Waals surface area (Å²) >= 11 is 0. The number of hydrogen-bond donors (Lipinski definition) is 0. The molecule has 0 heterocycles. The molecule has 0 unspecified atom stereocenters. The van der Waals surface area contributed by atoms with E-state index in [4.69, 9.17) is 9.47 Å². The molecule has 1 aromatic rings. The lowest BCUT2D eigenvalue weighted by Crippen LogP contribution is -2.16. The molecule has 1 fully saturated rings. The van der Waals surface area contributed by atoms with Gasteiger partial charge in [-0.15, -0.1) is 0 Å². The van der Waals surface area contributed by atoms with Gasteiger partial charge in [-0.25, -0.2) is 4.39 Å². The highest BCUT2D eigenvalue weighted by atomic mass is 19.1. The molecule has 0 saturated heterocycles. The van der Waals surface area contributed by atoms with Crippen molar-refractivity contribution in [3.63, 3.8) is 0 Å². The predicted octanol–water partition coefficient (Wildman–Crippen LogP) is 2.98. The van der Waals surface area contributed by atoms with Gasteiger partial charge >= 0.3 is 0 Å². The molecular weight excluding hydrogens is 235 g/mol. The average molecular weight is 252 g/mol. The van der Waals surface area contributed by atoms with Gasteiger partial charge in [0.15, 0.2) is 5.78 Å². The molecule has 98 valence electrons. The van der Waals surface area contributed by atoms with Crippen molar-refractivity contribution in [3.05, 3.63) is 29.6 Å². The van der Waals surface area contributed by atoms with E-state index in [1.165, 1.54) is 25.3 Å². The van der Waals surface area contributed by atoms with Crippen LogP contribution in [-0.2, 0) is 4.74 Å². The van der Waals surface area contributed by atoms with Crippen LogP contribution in [0.1, 0.15) is 36.0 Å². The number of halogens is 1. The van der Waals surface area contributed by atoms with E-state index in [0.717, 1.165) is 25.7 Å². The molecule has 0 spiro atoms. The summed E-state index contributed by atoms with van der Waals surface area (Å²) in [6.45, 7) is -0.00944. The number of ether oxygens (including phenoxy) is 2. The summed E-state index contributed by atoms with van der Waals surface area (Å²) in [5, 5.41) is 0. The van der Waals surface area contributed by atoms with Crippen molar-refractivity contribution in [2.24, 2.45) is 0 Å². The second-order valence-electron chi connectivity index (χ2n) is 4.49. The summed E-state index contributed by atoms with van der Waals surface area (Å²) in [4.78, 5) is 12.0. The number of rotatable bonds is 5. The Bertz CT molecular complexity index is 425. The second-order valence-corrected chi connectivity index (χ2v) is 4.49. The van der Waals surface area contributed by atoms with Gasteiger partial charge in [0.25, 0.3) is 0 Å². The lowest BCUT2D eigenvalue weighted by molar-refractivity contribution is 0.0480. The van der Waals surface area contributed by atoms with Gasteiger partial charge < -0.3 is 9.47 Å². The van der Waals surface area contributed by atoms with Crippen LogP contribution in [0.2, 0.25) is 0 Å². The van der Waals surface area contributed by atoms with Gasteiger partial charge in [-0.1, -0.05) is 12.8 Å². The van der Waals surface area contributed by atoms with Crippen LogP contribution in [-0.4, -0.2) is 25.6 Å². The zero-order chi connectivity index (χ0) is 13.0. The van der Waals surface area contributed by atoms with Crippen molar-refractivity contribution in [1.82, 2.24) is 0 Å². The van der Waals surface area contributed by atoms with E-state index in [1.807, 2.05) is 0 Å². The van der Waals surface area contributed by atoms with Crippen LogP contribution < -0.4 is 4.74 Å². The predicted molar refractivity (Wildman–Crippen MR) is 65.5 cm³/mol. The van der Waals surface area contributed by atoms with Gasteiger partial charge in [0, 0.05) is 0 Å². The Balaban J connectivity index is 2.00. The first-order chi connectivity index (χ1) is 8.70. The smallest absolute Gasteiger partial charge is 0.192 e. The number of carbonyl (C=O) groups is 1. The van der Waals surface area contributed by atoms with Crippen LogP contribution in [0.3, 0.4) is 0 Å². The summed E-state index contributed by atoms with van der Waals surface area (Å²) < 4.78 is 23.7. The molecule has 2 rings (SSSR count). The molecule has 3 nitrogen and oxygen atoms in total. The fourth-order valence-corrected chi connectivity index (χ4v) is 2.22. The van der Waals surface area contributed by atoms with Crippen LogP contribution in [0.5, 0.6) is 5.75 Å². The summed E-state index contributed by atoms with van der Waals surface area (Å²) in [5.41, 5.74) is 0.246. The van der Waals surface area contributed by atoms with Gasteiger partial charge in [-0.3, -0.25) is 4.79 Å². The highest BCUT2D eigenvalue weighted by Crippen LogP contribution is 2.23. The highest BCUT2D eigenvalue weighted by molar-refractivity contribution is 5.99. The maximum Gasteiger partial charge on any atom is 0.192 e. The molecule has 0 N–H and O–H groups in total. The van der Waals surface area contributed by atoms with Gasteiger partial charge in [0.05, 0.1) is 18.8 Å². The fourth-order valence-electron chi connectivity index (χ4n) is 2.22. The zero-order valence-corrected chi connectivity index (χ0v) is 10.4. The van der Waals surface area contributed by atoms with Crippen LogP contribution in [0, 0.1) is 5.82 Å². The van der Waals surface area contributed by atoms with E-state index in [9.17, 15) is 9.18 Å². The largest absolute Gasteiger partial charge is 0.496 e. The molecule has 0 aliphatic heterocycles. The monoisotopic (exact) mass is 252 g/mol. The molecule has 18 heavy (non-hydrogen) atoms. The summed E-state index contributed by atoms with van der Waals surface area (Å²) in [5.74, 6) is -0.297. The Morgan fingerprint density at radius 3 is 2.78 bits per heavy atom. The Morgan fingerprint density at radius 2 is 2.11 bits per heavy atom. The minimum Gasteiger partial charge on any atom is -0.496 e. The Labute approximate surface area is 106 Å². The topological polar surface area (TPSA) is 35.5 Å². The summed E-state index contributed by atoms with van der Waals surface area (Å²) in [7, 11) is 1.46. The van der Waals surface area contributed by atoms with E-state index in [1.54, 1.807) is 0 Å². The first kappa shape index (κ1) is 13.0. The van der Waals surface area contributed by atoms with Crippen molar-refractivity contribution < 1.29 is 18.7 Å². The lowest BCUT2D eigenvalue weighted by atomic mass is 10.1. The molecule has 0 radical (unpaired) electrons. The SMILES string of the molecule is COc1ccc(F)cc1C(=O)COC1CCCC1. The second kappa shape index (κ2) is 5.96. The normalized spacial score (nSPS) is 15.9. The van der Waals surface area contributed by atoms with E-state index in [0.29, 0.717) is 5.75 Å². The molecule has 0 amide bonds. The fraction of sp³-hybridized carbons (Fsp3) is 0.500. The van der Waals surface area contributed by atoms with E-state index < -0.39 is 5.82 Å². The number of methoxy groups -OCH3 is 1. The van der Waals surface area contributed by atoms with Gasteiger partial charge in [-0.05, 0) is 31.0 Å². The summed E-state index contributed by atoms with van der Waals surface area (Å²) in [6.07, 6.45) is 4.50. The number of ketones is 1.